The van der Waals surface area contributed by atoms with Gasteiger partial charge in [0.05, 0.1) is 0 Å². The topological polar surface area (TPSA) is 105 Å². The second kappa shape index (κ2) is 8.11. The Morgan fingerprint density at radius 1 is 1.20 bits per heavy atom. The van der Waals surface area contributed by atoms with E-state index in [1.807, 2.05) is 6.92 Å². The first-order valence-electron chi connectivity index (χ1n) is 8.47. The Kier molecular flexibility index (Phi) is 6.14. The summed E-state index contributed by atoms with van der Waals surface area (Å²) in [4.78, 5) is 35.3. The van der Waals surface area contributed by atoms with Crippen molar-refractivity contribution in [1.29, 1.82) is 0 Å². The molecular weight excluding hydrogens is 324 g/mol. The minimum atomic E-state index is -1.10. The van der Waals surface area contributed by atoms with Gasteiger partial charge >= 0.3 is 5.97 Å². The predicted octanol–water partition coefficient (Wildman–Crippen LogP) is 2.18. The molecule has 0 aromatic heterocycles. The van der Waals surface area contributed by atoms with Crippen LogP contribution in [0.2, 0.25) is 0 Å². The summed E-state index contributed by atoms with van der Waals surface area (Å²) in [5.41, 5.74) is 0.132. The lowest BCUT2D eigenvalue weighted by Crippen LogP contribution is -2.43. The van der Waals surface area contributed by atoms with Gasteiger partial charge in [-0.2, -0.15) is 0 Å². The maximum absolute atomic E-state index is 12.6. The summed E-state index contributed by atoms with van der Waals surface area (Å²) in [5, 5.41) is 14.0. The van der Waals surface area contributed by atoms with E-state index in [0.717, 1.165) is 12.8 Å². The van der Waals surface area contributed by atoms with Crippen LogP contribution < -0.4 is 10.6 Å². The summed E-state index contributed by atoms with van der Waals surface area (Å²) in [5.74, 6) is -1.74. The minimum Gasteiger partial charge on any atom is -0.480 e. The van der Waals surface area contributed by atoms with Crippen LogP contribution >= 0.6 is 0 Å². The average molecular weight is 348 g/mol. The highest BCUT2D eigenvalue weighted by Gasteiger charge is 2.41. The first-order valence-corrected chi connectivity index (χ1v) is 8.47. The summed E-state index contributed by atoms with van der Waals surface area (Å²) in [6, 6.07) is 5.35. The lowest BCUT2D eigenvalue weighted by atomic mass is 10.0. The number of carboxylic acids is 1. The van der Waals surface area contributed by atoms with Crippen LogP contribution in [0.4, 0.5) is 5.69 Å². The third kappa shape index (κ3) is 4.57. The van der Waals surface area contributed by atoms with E-state index in [1.54, 1.807) is 24.3 Å². The zero-order chi connectivity index (χ0) is 18.4. The highest BCUT2D eigenvalue weighted by molar-refractivity contribution is 5.99. The number of amides is 2. The van der Waals surface area contributed by atoms with Crippen LogP contribution in [0.3, 0.4) is 0 Å². The van der Waals surface area contributed by atoms with Gasteiger partial charge < -0.3 is 20.5 Å². The Bertz CT molecular complexity index is 635. The van der Waals surface area contributed by atoms with Crippen molar-refractivity contribution in [3.05, 3.63) is 29.8 Å². The van der Waals surface area contributed by atoms with Crippen LogP contribution in [0.15, 0.2) is 24.3 Å². The van der Waals surface area contributed by atoms with Crippen LogP contribution in [0.5, 0.6) is 0 Å². The number of benzene rings is 1. The maximum atomic E-state index is 12.6. The molecule has 1 unspecified atom stereocenters. The molecule has 1 aliphatic carbocycles. The summed E-state index contributed by atoms with van der Waals surface area (Å²) in [6.45, 7) is 3.75. The number of nitrogens with one attached hydrogen (secondary N) is 2. The zero-order valence-corrected chi connectivity index (χ0v) is 14.5. The van der Waals surface area contributed by atoms with E-state index in [0.29, 0.717) is 30.7 Å². The zero-order valence-electron chi connectivity index (χ0n) is 14.5. The lowest BCUT2D eigenvalue weighted by molar-refractivity contribution is -0.140. The molecule has 1 aromatic rings. The van der Waals surface area contributed by atoms with Gasteiger partial charge in [0.25, 0.3) is 11.8 Å². The molecule has 0 spiro atoms. The number of hydrogen-bond acceptors (Lipinski definition) is 4. The van der Waals surface area contributed by atoms with Crippen molar-refractivity contribution in [2.24, 2.45) is 0 Å². The Labute approximate surface area is 146 Å². The molecular formula is C18H24N2O5. The number of carbonyl (C=O) groups excluding carboxylic acids is 2. The Morgan fingerprint density at radius 3 is 2.32 bits per heavy atom. The van der Waals surface area contributed by atoms with Crippen molar-refractivity contribution >= 4 is 23.5 Å². The number of rotatable bonds is 7. The van der Waals surface area contributed by atoms with Gasteiger partial charge in [-0.15, -0.1) is 0 Å². The quantitative estimate of drug-likeness (QED) is 0.700. The summed E-state index contributed by atoms with van der Waals surface area (Å²) in [6.07, 6.45) is 3.35. The van der Waals surface area contributed by atoms with Crippen molar-refractivity contribution in [2.75, 3.05) is 11.9 Å². The number of carbonyl (C=O) groups is 3. The Morgan fingerprint density at radius 2 is 1.80 bits per heavy atom. The van der Waals surface area contributed by atoms with Gasteiger partial charge in [0, 0.05) is 17.9 Å². The molecule has 1 aliphatic rings. The summed E-state index contributed by atoms with van der Waals surface area (Å²) >= 11 is 0. The fraction of sp³-hybridized carbons (Fsp3) is 0.500. The molecule has 1 saturated carbocycles. The fourth-order valence-electron chi connectivity index (χ4n) is 2.95. The molecule has 0 radical (unpaired) electrons. The van der Waals surface area contributed by atoms with E-state index >= 15 is 0 Å². The van der Waals surface area contributed by atoms with Crippen molar-refractivity contribution < 1.29 is 24.2 Å². The number of aliphatic carboxylic acids is 1. The molecule has 2 amide bonds. The summed E-state index contributed by atoms with van der Waals surface area (Å²) in [7, 11) is 0. The van der Waals surface area contributed by atoms with E-state index in [2.05, 4.69) is 10.6 Å². The smallest absolute Gasteiger partial charge is 0.325 e. The molecule has 7 nitrogen and oxygen atoms in total. The third-order valence-electron chi connectivity index (χ3n) is 4.37. The van der Waals surface area contributed by atoms with E-state index in [-0.39, 0.29) is 5.91 Å². The van der Waals surface area contributed by atoms with Crippen LogP contribution in [0.1, 0.15) is 49.9 Å². The fourth-order valence-corrected chi connectivity index (χ4v) is 2.95. The first-order chi connectivity index (χ1) is 11.9. The molecule has 1 atom stereocenters. The van der Waals surface area contributed by atoms with Gasteiger partial charge in [-0.3, -0.25) is 14.4 Å². The number of carboxylic acid groups (broad SMARTS) is 1. The highest BCUT2D eigenvalue weighted by atomic mass is 16.5. The van der Waals surface area contributed by atoms with Crippen LogP contribution in [-0.2, 0) is 14.3 Å². The second-order valence-electron chi connectivity index (χ2n) is 6.20. The molecule has 136 valence electrons. The van der Waals surface area contributed by atoms with Gasteiger partial charge in [-0.1, -0.05) is 0 Å². The largest absolute Gasteiger partial charge is 0.480 e. The monoisotopic (exact) mass is 348 g/mol. The van der Waals surface area contributed by atoms with Crippen LogP contribution in [-0.4, -0.2) is 41.1 Å². The Hall–Kier alpha value is -2.41. The van der Waals surface area contributed by atoms with Crippen LogP contribution in [0.25, 0.3) is 0 Å². The molecule has 0 heterocycles. The average Bonchev–Trinajstić information content (AvgIpc) is 3.05. The number of anilines is 1. The van der Waals surface area contributed by atoms with Crippen LogP contribution in [0, 0.1) is 0 Å². The van der Waals surface area contributed by atoms with E-state index in [9.17, 15) is 14.4 Å². The second-order valence-corrected chi connectivity index (χ2v) is 6.20. The van der Waals surface area contributed by atoms with E-state index in [4.69, 9.17) is 9.84 Å². The molecule has 3 N–H and O–H groups in total. The van der Waals surface area contributed by atoms with Crippen molar-refractivity contribution in [1.82, 2.24) is 5.32 Å². The van der Waals surface area contributed by atoms with Crippen molar-refractivity contribution in [3.8, 4) is 0 Å². The minimum absolute atomic E-state index is 0.163. The van der Waals surface area contributed by atoms with E-state index < -0.39 is 23.5 Å². The molecule has 1 aromatic carbocycles. The van der Waals surface area contributed by atoms with E-state index in [1.165, 1.54) is 6.92 Å². The predicted molar refractivity (Wildman–Crippen MR) is 92.5 cm³/mol. The van der Waals surface area contributed by atoms with Gasteiger partial charge in [-0.25, -0.2) is 0 Å². The first kappa shape index (κ1) is 18.9. The number of ether oxygens (including phenoxy) is 1. The molecule has 7 heteroatoms. The molecule has 0 saturated heterocycles. The number of hydrogen-bond donors (Lipinski definition) is 3. The van der Waals surface area contributed by atoms with Gasteiger partial charge in [-0.05, 0) is 63.8 Å². The standard InChI is InChI=1S/C18H24N2O5/c1-3-25-18(10-4-5-11-18)17(24)20-14-8-6-13(7-9-14)15(21)19-12(2)16(22)23/h6-9,12H,3-5,10-11H2,1-2H3,(H,19,21)(H,20,24)(H,22,23). The third-order valence-corrected chi connectivity index (χ3v) is 4.37. The molecule has 0 aliphatic heterocycles. The maximum Gasteiger partial charge on any atom is 0.325 e. The lowest BCUT2D eigenvalue weighted by Gasteiger charge is -2.27. The molecule has 0 bridgehead atoms. The molecule has 25 heavy (non-hydrogen) atoms. The van der Waals surface area contributed by atoms with Gasteiger partial charge in [0.15, 0.2) is 0 Å². The normalized spacial score (nSPS) is 16.9. The van der Waals surface area contributed by atoms with Crippen molar-refractivity contribution in [3.63, 3.8) is 0 Å². The molecule has 1 fully saturated rings. The summed E-state index contributed by atoms with van der Waals surface area (Å²) < 4.78 is 5.72. The van der Waals surface area contributed by atoms with Gasteiger partial charge in [0.2, 0.25) is 0 Å². The van der Waals surface area contributed by atoms with Gasteiger partial charge in [0.1, 0.15) is 11.6 Å². The SMILES string of the molecule is CCOC1(C(=O)Nc2ccc(C(=O)NC(C)C(=O)O)cc2)CCCC1. The highest BCUT2D eigenvalue weighted by Crippen LogP contribution is 2.34. The Balaban J connectivity index is 2.01. The molecule has 2 rings (SSSR count). The van der Waals surface area contributed by atoms with Crippen molar-refractivity contribution in [2.45, 2.75) is 51.2 Å².